The number of hydrogen-bond donors (Lipinski definition) is 0. The quantitative estimate of drug-likeness (QED) is 0.529. The lowest BCUT2D eigenvalue weighted by Gasteiger charge is -2.35. The smallest absolute Gasteiger partial charge is 0.410 e. The average Bonchev–Trinajstić information content (AvgIpc) is 3.57. The van der Waals surface area contributed by atoms with Gasteiger partial charge < -0.3 is 19.1 Å². The molecule has 0 N–H and O–H groups in total. The number of amides is 1. The van der Waals surface area contributed by atoms with Crippen molar-refractivity contribution in [3.63, 3.8) is 0 Å². The maximum atomic E-state index is 12.6. The summed E-state index contributed by atoms with van der Waals surface area (Å²) in [6, 6.07) is 8.38. The number of fused-ring (bicyclic) bond motifs is 1. The predicted octanol–water partition coefficient (Wildman–Crippen LogP) is 4.55. The normalized spacial score (nSPS) is 20.1. The van der Waals surface area contributed by atoms with Crippen LogP contribution in [0.15, 0.2) is 28.8 Å². The minimum Gasteiger partial charge on any atom is -0.444 e. The number of aromatic nitrogens is 4. The molecule has 5 rings (SSSR count). The fraction of sp³-hybridized carbons (Fsp3) is 0.615. The molecule has 9 nitrogen and oxygen atoms in total. The van der Waals surface area contributed by atoms with Crippen LogP contribution in [0, 0.1) is 0 Å². The number of carbonyl (C=O) groups is 1. The first kappa shape index (κ1) is 23.8. The number of likely N-dealkylation sites (tertiary alicyclic amines) is 2. The number of para-hydroxylation sites is 1. The number of carbonyl (C=O) groups excluding carboxylic acids is 1. The van der Waals surface area contributed by atoms with Crippen LogP contribution in [-0.2, 0) is 11.2 Å². The van der Waals surface area contributed by atoms with Crippen molar-refractivity contribution in [2.45, 2.75) is 77.4 Å². The molecule has 0 radical (unpaired) electrons. The van der Waals surface area contributed by atoms with Crippen molar-refractivity contribution in [1.29, 1.82) is 0 Å². The highest BCUT2D eigenvalue weighted by molar-refractivity contribution is 5.83. The molecule has 3 aromatic rings. The Kier molecular flexibility index (Phi) is 6.53. The van der Waals surface area contributed by atoms with Gasteiger partial charge in [0.2, 0.25) is 5.89 Å². The first-order valence-electron chi connectivity index (χ1n) is 12.8. The van der Waals surface area contributed by atoms with Crippen LogP contribution in [-0.4, -0.2) is 73.6 Å². The Labute approximate surface area is 206 Å². The van der Waals surface area contributed by atoms with Gasteiger partial charge in [-0.05, 0) is 77.2 Å². The van der Waals surface area contributed by atoms with Gasteiger partial charge in [-0.25, -0.2) is 4.79 Å². The van der Waals surface area contributed by atoms with Gasteiger partial charge >= 0.3 is 6.09 Å². The molecule has 0 saturated carbocycles. The molecule has 35 heavy (non-hydrogen) atoms. The lowest BCUT2D eigenvalue weighted by atomic mass is 9.96. The fourth-order valence-electron chi connectivity index (χ4n) is 5.27. The molecule has 9 heteroatoms. The summed E-state index contributed by atoms with van der Waals surface area (Å²) in [7, 11) is 0. The number of rotatable bonds is 5. The zero-order valence-corrected chi connectivity index (χ0v) is 21.2. The van der Waals surface area contributed by atoms with Crippen molar-refractivity contribution in [2.75, 3.05) is 26.2 Å². The molecule has 1 atom stereocenters. The van der Waals surface area contributed by atoms with E-state index in [4.69, 9.17) is 19.3 Å². The second-order valence-corrected chi connectivity index (χ2v) is 10.7. The first-order chi connectivity index (χ1) is 16.8. The Balaban J connectivity index is 1.20. The van der Waals surface area contributed by atoms with Crippen molar-refractivity contribution in [3.05, 3.63) is 35.9 Å². The summed E-state index contributed by atoms with van der Waals surface area (Å²) < 4.78 is 13.1. The van der Waals surface area contributed by atoms with Gasteiger partial charge in [0.05, 0.1) is 11.2 Å². The van der Waals surface area contributed by atoms with Crippen LogP contribution in [0.2, 0.25) is 0 Å². The largest absolute Gasteiger partial charge is 0.444 e. The van der Waals surface area contributed by atoms with E-state index in [1.165, 1.54) is 0 Å². The minimum atomic E-state index is -0.466. The van der Waals surface area contributed by atoms with E-state index in [1.54, 1.807) is 4.68 Å². The molecule has 0 unspecified atom stereocenters. The highest BCUT2D eigenvalue weighted by atomic mass is 16.6. The minimum absolute atomic E-state index is 0.189. The number of nitrogens with zero attached hydrogens (tertiary/aromatic N) is 6. The Hall–Kier alpha value is -2.94. The molecule has 2 saturated heterocycles. The van der Waals surface area contributed by atoms with Gasteiger partial charge in [0.1, 0.15) is 5.60 Å². The summed E-state index contributed by atoms with van der Waals surface area (Å²) in [6.07, 6.45) is 4.65. The average molecular weight is 481 g/mol. The summed E-state index contributed by atoms with van der Waals surface area (Å²) in [5.74, 6) is 1.43. The third-order valence-corrected chi connectivity index (χ3v) is 7.03. The van der Waals surface area contributed by atoms with Crippen LogP contribution < -0.4 is 0 Å². The second-order valence-electron chi connectivity index (χ2n) is 10.7. The number of piperidine rings is 1. The summed E-state index contributed by atoms with van der Waals surface area (Å²) in [5, 5.41) is 10.1. The summed E-state index contributed by atoms with van der Waals surface area (Å²) in [6.45, 7) is 11.4. The summed E-state index contributed by atoms with van der Waals surface area (Å²) >= 11 is 0. The van der Waals surface area contributed by atoms with E-state index < -0.39 is 5.60 Å². The monoisotopic (exact) mass is 480 g/mol. The second kappa shape index (κ2) is 9.60. The zero-order valence-electron chi connectivity index (χ0n) is 21.2. The number of hydrogen-bond acceptors (Lipinski definition) is 7. The van der Waals surface area contributed by atoms with Crippen LogP contribution in [0.3, 0.4) is 0 Å². The van der Waals surface area contributed by atoms with Crippen LogP contribution in [0.25, 0.3) is 16.9 Å². The van der Waals surface area contributed by atoms with Crippen molar-refractivity contribution >= 4 is 17.0 Å². The summed E-state index contributed by atoms with van der Waals surface area (Å²) in [5.41, 5.74) is 1.57. The fourth-order valence-corrected chi connectivity index (χ4v) is 5.27. The molecule has 0 bridgehead atoms. The van der Waals surface area contributed by atoms with E-state index in [1.807, 2.05) is 43.9 Å². The molecular weight excluding hydrogens is 444 g/mol. The highest BCUT2D eigenvalue weighted by Crippen LogP contribution is 2.30. The van der Waals surface area contributed by atoms with E-state index in [-0.39, 0.29) is 18.1 Å². The van der Waals surface area contributed by atoms with Crippen molar-refractivity contribution in [3.8, 4) is 5.95 Å². The lowest BCUT2D eigenvalue weighted by molar-refractivity contribution is 0.0187. The number of aryl methyl sites for hydroxylation is 1. The number of ether oxygens (including phenoxy) is 1. The van der Waals surface area contributed by atoms with Gasteiger partial charge in [0.15, 0.2) is 0 Å². The molecule has 0 spiro atoms. The van der Waals surface area contributed by atoms with Gasteiger partial charge in [-0.1, -0.05) is 25.1 Å². The molecule has 2 aromatic heterocycles. The van der Waals surface area contributed by atoms with Crippen LogP contribution >= 0.6 is 0 Å². The van der Waals surface area contributed by atoms with Gasteiger partial charge in [0, 0.05) is 30.4 Å². The SMILES string of the molecule is CCc1nn(-c2noc(C3CCN(C[C@@H]4CCCN4C(=O)OC(C)(C)C)CC3)n2)c2ccccc12. The van der Waals surface area contributed by atoms with Gasteiger partial charge in [-0.2, -0.15) is 14.8 Å². The Morgan fingerprint density at radius 3 is 2.66 bits per heavy atom. The Morgan fingerprint density at radius 2 is 1.91 bits per heavy atom. The lowest BCUT2D eigenvalue weighted by Crippen LogP contribution is -2.46. The maximum Gasteiger partial charge on any atom is 0.410 e. The maximum absolute atomic E-state index is 12.6. The molecule has 2 aliphatic heterocycles. The molecule has 1 amide bonds. The van der Waals surface area contributed by atoms with E-state index in [2.05, 4.69) is 23.0 Å². The zero-order chi connectivity index (χ0) is 24.6. The Morgan fingerprint density at radius 1 is 1.14 bits per heavy atom. The van der Waals surface area contributed by atoms with Gasteiger partial charge in [-0.15, -0.1) is 0 Å². The molecule has 1 aromatic carbocycles. The van der Waals surface area contributed by atoms with Crippen LogP contribution in [0.4, 0.5) is 4.79 Å². The van der Waals surface area contributed by atoms with Crippen molar-refractivity contribution in [1.82, 2.24) is 29.7 Å². The molecule has 188 valence electrons. The highest BCUT2D eigenvalue weighted by Gasteiger charge is 2.34. The molecular formula is C26H36N6O3. The van der Waals surface area contributed by atoms with E-state index in [0.717, 1.165) is 74.9 Å². The molecule has 4 heterocycles. The van der Waals surface area contributed by atoms with E-state index in [9.17, 15) is 4.79 Å². The first-order valence-corrected chi connectivity index (χ1v) is 12.8. The molecule has 0 aliphatic carbocycles. The van der Waals surface area contributed by atoms with E-state index >= 15 is 0 Å². The van der Waals surface area contributed by atoms with Gasteiger partial charge in [0.25, 0.3) is 5.95 Å². The third-order valence-electron chi connectivity index (χ3n) is 7.03. The number of benzene rings is 1. The Bertz CT molecular complexity index is 1170. The summed E-state index contributed by atoms with van der Waals surface area (Å²) in [4.78, 5) is 21.7. The van der Waals surface area contributed by atoms with Crippen molar-refractivity contribution < 1.29 is 14.1 Å². The van der Waals surface area contributed by atoms with Crippen molar-refractivity contribution in [2.24, 2.45) is 0 Å². The van der Waals surface area contributed by atoms with Crippen LogP contribution in [0.1, 0.15) is 70.9 Å². The molecule has 2 fully saturated rings. The topological polar surface area (TPSA) is 89.5 Å². The third kappa shape index (κ3) is 5.05. The standard InChI is InChI=1S/C26H36N6O3/c1-5-21-20-10-6-7-11-22(20)32(28-21)24-27-23(35-29-24)18-12-15-30(16-13-18)17-19-9-8-14-31(19)25(33)34-26(2,3)4/h6-7,10-11,18-19H,5,8-9,12-17H2,1-4H3/t19-/m0/s1. The predicted molar refractivity (Wildman–Crippen MR) is 133 cm³/mol. The van der Waals surface area contributed by atoms with Crippen LogP contribution in [0.5, 0.6) is 0 Å². The molecule has 2 aliphatic rings. The van der Waals surface area contributed by atoms with Gasteiger partial charge in [-0.3, -0.25) is 0 Å². The van der Waals surface area contributed by atoms with E-state index in [0.29, 0.717) is 11.8 Å².